The molecule has 0 saturated heterocycles. The zero-order chi connectivity index (χ0) is 32.6. The van der Waals surface area contributed by atoms with Crippen molar-refractivity contribution in [3.63, 3.8) is 0 Å². The first-order chi connectivity index (χ1) is 24.2. The molecular formula is C44H24N4S. The van der Waals surface area contributed by atoms with Crippen molar-refractivity contribution in [2.45, 2.75) is 0 Å². The van der Waals surface area contributed by atoms with E-state index in [4.69, 9.17) is 0 Å². The van der Waals surface area contributed by atoms with Crippen LogP contribution in [0.4, 0.5) is 0 Å². The summed E-state index contributed by atoms with van der Waals surface area (Å²) in [4.78, 5) is 0. The number of hydrogen-bond donors (Lipinski definition) is 0. The van der Waals surface area contributed by atoms with Gasteiger partial charge in [0.05, 0.1) is 45.3 Å². The summed E-state index contributed by atoms with van der Waals surface area (Å²) in [5.74, 6) is 0. The van der Waals surface area contributed by atoms with Gasteiger partial charge in [0.25, 0.3) is 0 Å². The van der Waals surface area contributed by atoms with Crippen LogP contribution in [0.25, 0.3) is 86.3 Å². The fraction of sp³-hybridized carbons (Fsp3) is 0. The van der Waals surface area contributed by atoms with Crippen molar-refractivity contribution < 1.29 is 0 Å². The maximum absolute atomic E-state index is 9.63. The molecule has 0 aliphatic heterocycles. The minimum Gasteiger partial charge on any atom is -0.309 e. The van der Waals surface area contributed by atoms with E-state index in [0.717, 1.165) is 44.3 Å². The number of fused-ring (bicyclic) bond motifs is 9. The Morgan fingerprint density at radius 3 is 1.59 bits per heavy atom. The van der Waals surface area contributed by atoms with Crippen LogP contribution in [-0.4, -0.2) is 9.13 Å². The second kappa shape index (κ2) is 10.4. The molecule has 0 N–H and O–H groups in total. The minimum absolute atomic E-state index is 0.595. The second-order valence-electron chi connectivity index (χ2n) is 12.4. The third-order valence-electron chi connectivity index (χ3n) is 9.74. The Morgan fingerprint density at radius 2 is 0.939 bits per heavy atom. The topological polar surface area (TPSA) is 57.4 Å². The number of para-hydroxylation sites is 1. The highest BCUT2D eigenvalue weighted by atomic mass is 32.1. The molecule has 5 heteroatoms. The smallest absolute Gasteiger partial charge is 0.0991 e. The van der Waals surface area contributed by atoms with Crippen molar-refractivity contribution >= 4 is 75.1 Å². The number of benzene rings is 7. The highest BCUT2D eigenvalue weighted by molar-refractivity contribution is 7.25. The molecule has 0 aliphatic carbocycles. The SMILES string of the molecule is N#Cc1ccc2c(c1)c1cc(C#N)ccc1n2-c1cccc(-c2cccc(-n3c4ccccc4c4cc5sc6ccccc6c5cc43)c2)c1. The molecule has 0 radical (unpaired) electrons. The predicted octanol–water partition coefficient (Wildman–Crippen LogP) is 11.7. The van der Waals surface area contributed by atoms with Crippen LogP contribution in [0.15, 0.2) is 146 Å². The van der Waals surface area contributed by atoms with Gasteiger partial charge in [-0.3, -0.25) is 0 Å². The number of aromatic nitrogens is 2. The highest BCUT2D eigenvalue weighted by Crippen LogP contribution is 2.41. The fourth-order valence-corrected chi connectivity index (χ4v) is 8.68. The van der Waals surface area contributed by atoms with Crippen LogP contribution in [0.5, 0.6) is 0 Å². The first-order valence-corrected chi connectivity index (χ1v) is 16.9. The Morgan fingerprint density at radius 1 is 0.388 bits per heavy atom. The van der Waals surface area contributed by atoms with E-state index in [1.807, 2.05) is 47.7 Å². The number of hydrogen-bond acceptors (Lipinski definition) is 3. The molecule has 3 aromatic heterocycles. The van der Waals surface area contributed by atoms with Crippen LogP contribution in [0.2, 0.25) is 0 Å². The van der Waals surface area contributed by atoms with Gasteiger partial charge in [-0.25, -0.2) is 0 Å². The molecule has 226 valence electrons. The summed E-state index contributed by atoms with van der Waals surface area (Å²) in [6.45, 7) is 0. The lowest BCUT2D eigenvalue weighted by Crippen LogP contribution is -1.96. The highest BCUT2D eigenvalue weighted by Gasteiger charge is 2.17. The van der Waals surface area contributed by atoms with Crippen molar-refractivity contribution in [1.82, 2.24) is 9.13 Å². The van der Waals surface area contributed by atoms with Crippen LogP contribution in [0.1, 0.15) is 11.1 Å². The lowest BCUT2D eigenvalue weighted by atomic mass is 10.0. The first-order valence-electron chi connectivity index (χ1n) is 16.1. The molecule has 0 amide bonds. The van der Waals surface area contributed by atoms with Crippen molar-refractivity contribution in [2.24, 2.45) is 0 Å². The largest absolute Gasteiger partial charge is 0.309 e. The average Bonchev–Trinajstić information content (AvgIpc) is 3.80. The number of thiophene rings is 1. The molecule has 49 heavy (non-hydrogen) atoms. The van der Waals surface area contributed by atoms with Gasteiger partial charge >= 0.3 is 0 Å². The third kappa shape index (κ3) is 4.07. The summed E-state index contributed by atoms with van der Waals surface area (Å²) in [6, 6.07) is 55.6. The number of nitriles is 2. The minimum atomic E-state index is 0.595. The molecule has 0 spiro atoms. The second-order valence-corrected chi connectivity index (χ2v) is 13.5. The van der Waals surface area contributed by atoms with Gasteiger partial charge in [-0.1, -0.05) is 60.7 Å². The molecule has 0 aliphatic rings. The summed E-state index contributed by atoms with van der Waals surface area (Å²) < 4.78 is 7.24. The summed E-state index contributed by atoms with van der Waals surface area (Å²) >= 11 is 1.85. The van der Waals surface area contributed by atoms with Gasteiger partial charge in [-0.05, 0) is 96.1 Å². The molecule has 4 nitrogen and oxygen atoms in total. The van der Waals surface area contributed by atoms with Crippen LogP contribution in [0.3, 0.4) is 0 Å². The number of rotatable bonds is 3. The maximum Gasteiger partial charge on any atom is 0.0991 e. The summed E-state index contributed by atoms with van der Waals surface area (Å²) in [7, 11) is 0. The van der Waals surface area contributed by atoms with Gasteiger partial charge in [0, 0.05) is 53.1 Å². The predicted molar refractivity (Wildman–Crippen MR) is 203 cm³/mol. The van der Waals surface area contributed by atoms with Crippen LogP contribution < -0.4 is 0 Å². The molecule has 7 aromatic carbocycles. The van der Waals surface area contributed by atoms with Crippen molar-refractivity contribution in [1.29, 1.82) is 10.5 Å². The Bertz CT molecular complexity index is 3010. The molecule has 10 aromatic rings. The van der Waals surface area contributed by atoms with Gasteiger partial charge in [-0.2, -0.15) is 10.5 Å². The summed E-state index contributed by atoms with van der Waals surface area (Å²) in [5, 5.41) is 26.3. The molecule has 10 rings (SSSR count). The van der Waals surface area contributed by atoms with E-state index in [1.165, 1.54) is 42.0 Å². The summed E-state index contributed by atoms with van der Waals surface area (Å²) in [6.07, 6.45) is 0. The van der Waals surface area contributed by atoms with Crippen molar-refractivity contribution in [3.05, 3.63) is 157 Å². The Hall–Kier alpha value is -6.66. The fourth-order valence-electron chi connectivity index (χ4n) is 7.55. The Labute approximate surface area is 285 Å². The normalized spacial score (nSPS) is 11.6. The molecule has 0 atom stereocenters. The average molecular weight is 641 g/mol. The lowest BCUT2D eigenvalue weighted by Gasteiger charge is -2.13. The van der Waals surface area contributed by atoms with Crippen LogP contribution >= 0.6 is 11.3 Å². The summed E-state index contributed by atoms with van der Waals surface area (Å²) in [5.41, 5.74) is 9.90. The van der Waals surface area contributed by atoms with Crippen molar-refractivity contribution in [2.75, 3.05) is 0 Å². The Kier molecular flexibility index (Phi) is 5.84. The molecular weight excluding hydrogens is 617 g/mol. The van der Waals surface area contributed by atoms with E-state index in [2.05, 4.69) is 130 Å². The van der Waals surface area contributed by atoms with Gasteiger partial charge in [0.15, 0.2) is 0 Å². The number of nitrogens with zero attached hydrogens (tertiary/aromatic N) is 4. The molecule has 0 bridgehead atoms. The lowest BCUT2D eigenvalue weighted by molar-refractivity contribution is 1.17. The van der Waals surface area contributed by atoms with Gasteiger partial charge < -0.3 is 9.13 Å². The monoisotopic (exact) mass is 640 g/mol. The van der Waals surface area contributed by atoms with Gasteiger partial charge in [0.2, 0.25) is 0 Å². The molecule has 0 unspecified atom stereocenters. The van der Waals surface area contributed by atoms with Crippen LogP contribution in [-0.2, 0) is 0 Å². The third-order valence-corrected chi connectivity index (χ3v) is 10.9. The maximum atomic E-state index is 9.63. The van der Waals surface area contributed by atoms with E-state index < -0.39 is 0 Å². The van der Waals surface area contributed by atoms with Crippen LogP contribution in [0, 0.1) is 22.7 Å². The molecule has 0 fully saturated rings. The van der Waals surface area contributed by atoms with E-state index in [0.29, 0.717) is 11.1 Å². The van der Waals surface area contributed by atoms with E-state index in [9.17, 15) is 10.5 Å². The quantitative estimate of drug-likeness (QED) is 0.193. The Balaban J connectivity index is 1.16. The molecule has 0 saturated carbocycles. The van der Waals surface area contributed by atoms with Gasteiger partial charge in [-0.15, -0.1) is 11.3 Å². The van der Waals surface area contributed by atoms with Crippen molar-refractivity contribution in [3.8, 4) is 34.6 Å². The first kappa shape index (κ1) is 27.5. The zero-order valence-corrected chi connectivity index (χ0v) is 26.9. The van der Waals surface area contributed by atoms with E-state index in [1.54, 1.807) is 0 Å². The van der Waals surface area contributed by atoms with E-state index >= 15 is 0 Å². The zero-order valence-electron chi connectivity index (χ0n) is 26.1. The van der Waals surface area contributed by atoms with E-state index in [-0.39, 0.29) is 0 Å². The standard InChI is InChI=1S/C44H24N4S/c45-25-27-15-17-40-35(19-27)36-20-28(26-46)16-18-41(36)47(40)31-9-5-7-29(21-31)30-8-6-10-32(22-30)48-39-13-3-1-11-33(39)37-24-44-38(23-42(37)48)34-12-2-4-14-43(34)49-44/h1-24H. The molecule has 3 heterocycles. The van der Waals surface area contributed by atoms with Gasteiger partial charge in [0.1, 0.15) is 0 Å².